The van der Waals surface area contributed by atoms with Crippen molar-refractivity contribution >= 4 is 16.8 Å². The third-order valence-corrected chi connectivity index (χ3v) is 2.75. The van der Waals surface area contributed by atoms with Crippen LogP contribution in [-0.4, -0.2) is 29.4 Å². The highest BCUT2D eigenvalue weighted by Gasteiger charge is 2.11. The fourth-order valence-corrected chi connectivity index (χ4v) is 1.79. The number of nitrogens with zero attached hydrogens (tertiary/aromatic N) is 2. The van der Waals surface area contributed by atoms with Gasteiger partial charge in [0.1, 0.15) is 0 Å². The third kappa shape index (κ3) is 2.33. The number of carbonyl (C=O) groups is 1. The van der Waals surface area contributed by atoms with Crippen LogP contribution in [0.1, 0.15) is 16.1 Å². The molecule has 0 bridgehead atoms. The molecule has 1 amide bonds. The van der Waals surface area contributed by atoms with Crippen LogP contribution < -0.4 is 0 Å². The first-order valence-corrected chi connectivity index (χ1v) is 5.68. The van der Waals surface area contributed by atoms with Crippen LogP contribution in [0.5, 0.6) is 0 Å². The van der Waals surface area contributed by atoms with E-state index in [1.807, 2.05) is 31.2 Å². The maximum atomic E-state index is 12.1. The number of fused-ring (bicyclic) bond motifs is 1. The van der Waals surface area contributed by atoms with Gasteiger partial charge in [0, 0.05) is 23.7 Å². The summed E-state index contributed by atoms with van der Waals surface area (Å²) in [4.78, 5) is 18.0. The number of amides is 1. The summed E-state index contributed by atoms with van der Waals surface area (Å²) in [6, 6.07) is 9.39. The first-order valence-electron chi connectivity index (χ1n) is 5.68. The molecule has 0 aliphatic carbocycles. The molecule has 0 saturated carbocycles. The predicted octanol–water partition coefficient (Wildman–Crippen LogP) is 2.25. The summed E-state index contributed by atoms with van der Waals surface area (Å²) in [5.74, 6) is 2.38. The number of hydrogen-bond acceptors (Lipinski definition) is 2. The summed E-state index contributed by atoms with van der Waals surface area (Å²) in [7, 11) is 1.69. The van der Waals surface area contributed by atoms with Gasteiger partial charge < -0.3 is 4.90 Å². The highest BCUT2D eigenvalue weighted by Crippen LogP contribution is 2.15. The zero-order valence-corrected chi connectivity index (χ0v) is 10.5. The Balaban J connectivity index is 2.39. The Kier molecular flexibility index (Phi) is 3.29. The Labute approximate surface area is 106 Å². The lowest BCUT2D eigenvalue weighted by Crippen LogP contribution is -2.26. The fourth-order valence-electron chi connectivity index (χ4n) is 1.79. The number of aromatic nitrogens is 1. The van der Waals surface area contributed by atoms with Crippen molar-refractivity contribution in [1.29, 1.82) is 0 Å². The second kappa shape index (κ2) is 4.89. The first kappa shape index (κ1) is 12.1. The van der Waals surface area contributed by atoms with E-state index in [0.717, 1.165) is 16.6 Å². The summed E-state index contributed by atoms with van der Waals surface area (Å²) in [6.07, 6.45) is 5.20. The minimum Gasteiger partial charge on any atom is -0.331 e. The summed E-state index contributed by atoms with van der Waals surface area (Å²) in [6.45, 7) is 2.25. The molecule has 0 aliphatic heterocycles. The molecule has 0 N–H and O–H groups in total. The minimum absolute atomic E-state index is 0.0737. The average Bonchev–Trinajstić information content (AvgIpc) is 2.37. The Bertz CT molecular complexity index is 640. The molecule has 0 spiro atoms. The van der Waals surface area contributed by atoms with Gasteiger partial charge in [0.05, 0.1) is 12.1 Å². The van der Waals surface area contributed by atoms with E-state index in [9.17, 15) is 4.79 Å². The topological polar surface area (TPSA) is 33.2 Å². The van der Waals surface area contributed by atoms with Crippen LogP contribution in [0, 0.1) is 19.3 Å². The molecule has 3 nitrogen and oxygen atoms in total. The van der Waals surface area contributed by atoms with Gasteiger partial charge in [-0.05, 0) is 31.2 Å². The number of rotatable bonds is 2. The van der Waals surface area contributed by atoms with E-state index in [2.05, 4.69) is 10.9 Å². The lowest BCUT2D eigenvalue weighted by atomic mass is 10.1. The number of pyridine rings is 1. The maximum Gasteiger partial charge on any atom is 0.254 e. The number of benzene rings is 1. The second-order valence-electron chi connectivity index (χ2n) is 4.23. The van der Waals surface area contributed by atoms with Gasteiger partial charge in [0.2, 0.25) is 0 Å². The monoisotopic (exact) mass is 238 g/mol. The summed E-state index contributed by atoms with van der Waals surface area (Å²) < 4.78 is 0. The quantitative estimate of drug-likeness (QED) is 0.752. The Morgan fingerprint density at radius 2 is 2.17 bits per heavy atom. The number of carbonyl (C=O) groups excluding carboxylic acids is 1. The summed E-state index contributed by atoms with van der Waals surface area (Å²) in [5.41, 5.74) is 2.49. The molecule has 0 radical (unpaired) electrons. The highest BCUT2D eigenvalue weighted by molar-refractivity contribution is 5.97. The number of aryl methyl sites for hydroxylation is 1. The molecule has 0 fully saturated rings. The van der Waals surface area contributed by atoms with Crippen LogP contribution in [-0.2, 0) is 0 Å². The van der Waals surface area contributed by atoms with Crippen LogP contribution in [0.2, 0.25) is 0 Å². The van der Waals surface area contributed by atoms with E-state index in [0.29, 0.717) is 12.1 Å². The smallest absolute Gasteiger partial charge is 0.254 e. The average molecular weight is 238 g/mol. The van der Waals surface area contributed by atoms with Crippen molar-refractivity contribution in [2.45, 2.75) is 6.92 Å². The van der Waals surface area contributed by atoms with Crippen molar-refractivity contribution < 1.29 is 4.79 Å². The van der Waals surface area contributed by atoms with Crippen molar-refractivity contribution in [1.82, 2.24) is 9.88 Å². The predicted molar refractivity (Wildman–Crippen MR) is 72.3 cm³/mol. The zero-order chi connectivity index (χ0) is 13.1. The molecular weight excluding hydrogens is 224 g/mol. The van der Waals surface area contributed by atoms with E-state index >= 15 is 0 Å². The van der Waals surface area contributed by atoms with Gasteiger partial charge in [0.25, 0.3) is 5.91 Å². The standard InChI is InChI=1S/C15H14N2O/c1-4-9-17(3)15(18)13-7-8-14-12(10-13)6-5-11(2)16-14/h1,5-8,10H,9H2,2-3H3. The van der Waals surface area contributed by atoms with E-state index in [-0.39, 0.29) is 5.91 Å². The molecular formula is C15H14N2O. The van der Waals surface area contributed by atoms with Gasteiger partial charge in [0.15, 0.2) is 0 Å². The Morgan fingerprint density at radius 1 is 1.39 bits per heavy atom. The van der Waals surface area contributed by atoms with Gasteiger partial charge in [-0.25, -0.2) is 0 Å². The lowest BCUT2D eigenvalue weighted by molar-refractivity contribution is 0.0813. The summed E-state index contributed by atoms with van der Waals surface area (Å²) >= 11 is 0. The molecule has 18 heavy (non-hydrogen) atoms. The Morgan fingerprint density at radius 3 is 2.89 bits per heavy atom. The van der Waals surface area contributed by atoms with Gasteiger partial charge in [-0.15, -0.1) is 6.42 Å². The van der Waals surface area contributed by atoms with Crippen molar-refractivity contribution in [2.24, 2.45) is 0 Å². The van der Waals surface area contributed by atoms with E-state index in [1.165, 1.54) is 4.90 Å². The van der Waals surface area contributed by atoms with E-state index < -0.39 is 0 Å². The van der Waals surface area contributed by atoms with Crippen molar-refractivity contribution in [3.05, 3.63) is 41.6 Å². The fraction of sp³-hybridized carbons (Fsp3) is 0.200. The van der Waals surface area contributed by atoms with E-state index in [4.69, 9.17) is 6.42 Å². The van der Waals surface area contributed by atoms with Crippen molar-refractivity contribution in [3.63, 3.8) is 0 Å². The van der Waals surface area contributed by atoms with Gasteiger partial charge in [-0.2, -0.15) is 0 Å². The zero-order valence-electron chi connectivity index (χ0n) is 10.5. The van der Waals surface area contributed by atoms with Crippen molar-refractivity contribution in [3.8, 4) is 12.3 Å². The number of terminal acetylenes is 1. The molecule has 0 unspecified atom stereocenters. The molecule has 1 aromatic carbocycles. The molecule has 90 valence electrons. The third-order valence-electron chi connectivity index (χ3n) is 2.75. The summed E-state index contributed by atoms with van der Waals surface area (Å²) in [5, 5.41) is 0.959. The molecule has 2 aromatic rings. The van der Waals surface area contributed by atoms with Crippen molar-refractivity contribution in [2.75, 3.05) is 13.6 Å². The van der Waals surface area contributed by atoms with Crippen LogP contribution in [0.3, 0.4) is 0 Å². The van der Waals surface area contributed by atoms with Crippen LogP contribution in [0.25, 0.3) is 10.9 Å². The first-order chi connectivity index (χ1) is 8.61. The molecule has 0 atom stereocenters. The van der Waals surface area contributed by atoms with Gasteiger partial charge in [-0.3, -0.25) is 9.78 Å². The van der Waals surface area contributed by atoms with E-state index in [1.54, 1.807) is 13.1 Å². The van der Waals surface area contributed by atoms with Gasteiger partial charge in [-0.1, -0.05) is 12.0 Å². The van der Waals surface area contributed by atoms with Crippen LogP contribution in [0.15, 0.2) is 30.3 Å². The largest absolute Gasteiger partial charge is 0.331 e. The molecule has 3 heteroatoms. The lowest BCUT2D eigenvalue weighted by Gasteiger charge is -2.14. The molecule has 0 saturated heterocycles. The van der Waals surface area contributed by atoms with Gasteiger partial charge >= 0.3 is 0 Å². The highest BCUT2D eigenvalue weighted by atomic mass is 16.2. The normalized spacial score (nSPS) is 10.1. The Hall–Kier alpha value is -2.34. The maximum absolute atomic E-state index is 12.1. The number of hydrogen-bond donors (Lipinski definition) is 0. The molecule has 2 rings (SSSR count). The van der Waals surface area contributed by atoms with Crippen LogP contribution >= 0.6 is 0 Å². The SMILES string of the molecule is C#CCN(C)C(=O)c1ccc2nc(C)ccc2c1. The molecule has 1 aromatic heterocycles. The molecule has 0 aliphatic rings. The molecule has 1 heterocycles. The second-order valence-corrected chi connectivity index (χ2v) is 4.23. The van der Waals surface area contributed by atoms with Crippen LogP contribution in [0.4, 0.5) is 0 Å². The minimum atomic E-state index is -0.0737.